The number of nitrogens with one attached hydrogen (secondary N) is 1. The van der Waals surface area contributed by atoms with Crippen LogP contribution in [0.2, 0.25) is 0 Å². The first-order chi connectivity index (χ1) is 9.79. The monoisotopic (exact) mass is 416 g/mol. The molecule has 0 fully saturated rings. The first-order valence-corrected chi connectivity index (χ1v) is 9.06. The molecule has 0 aliphatic carbocycles. The van der Waals surface area contributed by atoms with Crippen LogP contribution in [0.1, 0.15) is 24.1 Å². The summed E-state index contributed by atoms with van der Waals surface area (Å²) in [7, 11) is -3.70. The molecule has 112 valence electrons. The maximum Gasteiger partial charge on any atom is 0.238 e. The highest BCUT2D eigenvalue weighted by atomic mass is 127. The van der Waals surface area contributed by atoms with Crippen molar-refractivity contribution in [1.29, 1.82) is 0 Å². The summed E-state index contributed by atoms with van der Waals surface area (Å²) in [6.07, 6.45) is 0. The quantitative estimate of drug-likeness (QED) is 0.751. The van der Waals surface area contributed by atoms with Gasteiger partial charge in [-0.25, -0.2) is 13.6 Å². The molecule has 3 N–H and O–H groups in total. The second-order valence-electron chi connectivity index (χ2n) is 4.89. The second kappa shape index (κ2) is 6.33. The highest BCUT2D eigenvalue weighted by Gasteiger charge is 2.15. The fraction of sp³-hybridized carbons (Fsp3) is 0.200. The van der Waals surface area contributed by atoms with Gasteiger partial charge in [-0.3, -0.25) is 0 Å². The smallest absolute Gasteiger partial charge is 0.238 e. The van der Waals surface area contributed by atoms with Gasteiger partial charge in [-0.15, -0.1) is 0 Å². The molecule has 0 radical (unpaired) electrons. The Labute approximate surface area is 138 Å². The van der Waals surface area contributed by atoms with E-state index in [9.17, 15) is 8.42 Å². The van der Waals surface area contributed by atoms with Crippen molar-refractivity contribution in [3.8, 4) is 0 Å². The standard InChI is InChI=1S/C15H17IN2O2S/c1-10-14(4-3-5-15(10)21(17,19)20)18-11(2)12-6-8-13(16)9-7-12/h3-9,11,18H,1-2H3,(H2,17,19,20). The molecular weight excluding hydrogens is 399 g/mol. The molecule has 0 aliphatic heterocycles. The Morgan fingerprint density at radius 2 is 1.76 bits per heavy atom. The summed E-state index contributed by atoms with van der Waals surface area (Å²) in [5.74, 6) is 0. The summed E-state index contributed by atoms with van der Waals surface area (Å²) in [6, 6.07) is 13.3. The van der Waals surface area contributed by atoms with E-state index in [2.05, 4.69) is 40.0 Å². The lowest BCUT2D eigenvalue weighted by molar-refractivity contribution is 0.597. The van der Waals surface area contributed by atoms with Gasteiger partial charge in [0.25, 0.3) is 0 Å². The Balaban J connectivity index is 2.30. The van der Waals surface area contributed by atoms with Gasteiger partial charge in [-0.1, -0.05) is 18.2 Å². The Kier molecular flexibility index (Phi) is 4.90. The molecule has 1 unspecified atom stereocenters. The molecule has 2 aromatic rings. The molecule has 2 aromatic carbocycles. The third-order valence-electron chi connectivity index (χ3n) is 3.33. The predicted octanol–water partition coefficient (Wildman–Crippen LogP) is 3.42. The Morgan fingerprint density at radius 3 is 2.33 bits per heavy atom. The summed E-state index contributed by atoms with van der Waals surface area (Å²) in [6.45, 7) is 3.79. The van der Waals surface area contributed by atoms with Crippen LogP contribution in [0.4, 0.5) is 5.69 Å². The highest BCUT2D eigenvalue weighted by Crippen LogP contribution is 2.26. The zero-order valence-electron chi connectivity index (χ0n) is 11.8. The van der Waals surface area contributed by atoms with Crippen LogP contribution in [0.5, 0.6) is 0 Å². The summed E-state index contributed by atoms with van der Waals surface area (Å²) >= 11 is 2.26. The molecule has 0 aromatic heterocycles. The molecular formula is C15H17IN2O2S. The van der Waals surface area contributed by atoms with Crippen LogP contribution in [0, 0.1) is 10.5 Å². The molecule has 4 nitrogen and oxygen atoms in total. The zero-order valence-corrected chi connectivity index (χ0v) is 14.8. The van der Waals surface area contributed by atoms with E-state index in [1.165, 1.54) is 9.64 Å². The van der Waals surface area contributed by atoms with Crippen LogP contribution in [-0.2, 0) is 10.0 Å². The lowest BCUT2D eigenvalue weighted by atomic mass is 10.1. The molecule has 0 bridgehead atoms. The first kappa shape index (κ1) is 16.3. The number of benzene rings is 2. The molecule has 1 atom stereocenters. The molecule has 0 saturated heterocycles. The lowest BCUT2D eigenvalue weighted by Gasteiger charge is -2.18. The molecule has 0 amide bonds. The minimum Gasteiger partial charge on any atom is -0.378 e. The van der Waals surface area contributed by atoms with Crippen molar-refractivity contribution in [3.05, 3.63) is 57.2 Å². The van der Waals surface area contributed by atoms with Gasteiger partial charge in [-0.2, -0.15) is 0 Å². The van der Waals surface area contributed by atoms with Crippen LogP contribution in [0.15, 0.2) is 47.4 Å². The maximum absolute atomic E-state index is 11.5. The number of anilines is 1. The van der Waals surface area contributed by atoms with E-state index >= 15 is 0 Å². The molecule has 0 spiro atoms. The van der Waals surface area contributed by atoms with Crippen LogP contribution >= 0.6 is 22.6 Å². The minimum absolute atomic E-state index is 0.0661. The Hall–Kier alpha value is -1.12. The molecule has 0 heterocycles. The molecule has 2 rings (SSSR count). The largest absolute Gasteiger partial charge is 0.378 e. The van der Waals surface area contributed by atoms with Crippen LogP contribution in [0.3, 0.4) is 0 Å². The Bertz CT molecular complexity index is 743. The summed E-state index contributed by atoms with van der Waals surface area (Å²) in [5.41, 5.74) is 2.54. The fourth-order valence-electron chi connectivity index (χ4n) is 2.15. The third-order valence-corrected chi connectivity index (χ3v) is 5.11. The van der Waals surface area contributed by atoms with E-state index in [-0.39, 0.29) is 10.9 Å². The van der Waals surface area contributed by atoms with E-state index in [0.29, 0.717) is 5.56 Å². The number of hydrogen-bond acceptors (Lipinski definition) is 3. The molecule has 0 aliphatic rings. The zero-order chi connectivity index (χ0) is 15.6. The van der Waals surface area contributed by atoms with Crippen LogP contribution in [-0.4, -0.2) is 8.42 Å². The number of halogens is 1. The maximum atomic E-state index is 11.5. The normalized spacial score (nSPS) is 13.0. The van der Waals surface area contributed by atoms with Crippen LogP contribution < -0.4 is 10.5 Å². The van der Waals surface area contributed by atoms with Crippen molar-refractivity contribution < 1.29 is 8.42 Å². The van der Waals surface area contributed by atoms with Crippen LogP contribution in [0.25, 0.3) is 0 Å². The number of sulfonamides is 1. The number of hydrogen-bond donors (Lipinski definition) is 2. The van der Waals surface area contributed by atoms with Gasteiger partial charge in [0.1, 0.15) is 0 Å². The Morgan fingerprint density at radius 1 is 1.14 bits per heavy atom. The van der Waals surface area contributed by atoms with E-state index in [1.807, 2.05) is 25.1 Å². The van der Waals surface area contributed by atoms with E-state index in [1.54, 1.807) is 13.0 Å². The number of rotatable bonds is 4. The van der Waals surface area contributed by atoms with Crippen molar-refractivity contribution >= 4 is 38.3 Å². The van der Waals surface area contributed by atoms with Crippen molar-refractivity contribution in [1.82, 2.24) is 0 Å². The van der Waals surface area contributed by atoms with Crippen molar-refractivity contribution in [2.24, 2.45) is 5.14 Å². The van der Waals surface area contributed by atoms with Gasteiger partial charge < -0.3 is 5.32 Å². The van der Waals surface area contributed by atoms with E-state index in [4.69, 9.17) is 5.14 Å². The number of nitrogens with two attached hydrogens (primary N) is 1. The summed E-state index contributed by atoms with van der Waals surface area (Å²) < 4.78 is 24.3. The SMILES string of the molecule is Cc1c(NC(C)c2ccc(I)cc2)cccc1S(N)(=O)=O. The topological polar surface area (TPSA) is 72.2 Å². The molecule has 6 heteroatoms. The third kappa shape index (κ3) is 3.96. The molecule has 21 heavy (non-hydrogen) atoms. The van der Waals surface area contributed by atoms with Gasteiger partial charge in [0.2, 0.25) is 10.0 Å². The van der Waals surface area contributed by atoms with Gasteiger partial charge in [0.05, 0.1) is 4.90 Å². The van der Waals surface area contributed by atoms with Gasteiger partial charge in [-0.05, 0) is 71.8 Å². The average molecular weight is 416 g/mol. The summed E-state index contributed by atoms with van der Waals surface area (Å²) in [4.78, 5) is 0.155. The predicted molar refractivity (Wildman–Crippen MR) is 93.7 cm³/mol. The van der Waals surface area contributed by atoms with Crippen molar-refractivity contribution in [2.75, 3.05) is 5.32 Å². The van der Waals surface area contributed by atoms with E-state index < -0.39 is 10.0 Å². The molecule has 0 saturated carbocycles. The van der Waals surface area contributed by atoms with Crippen molar-refractivity contribution in [2.45, 2.75) is 24.8 Å². The highest BCUT2D eigenvalue weighted by molar-refractivity contribution is 14.1. The van der Waals surface area contributed by atoms with Crippen molar-refractivity contribution in [3.63, 3.8) is 0 Å². The van der Waals surface area contributed by atoms with Gasteiger partial charge in [0, 0.05) is 15.3 Å². The van der Waals surface area contributed by atoms with E-state index in [0.717, 1.165) is 11.3 Å². The summed E-state index contributed by atoms with van der Waals surface area (Å²) in [5, 5.41) is 8.56. The van der Waals surface area contributed by atoms with Gasteiger partial charge >= 0.3 is 0 Å². The average Bonchev–Trinajstić information content (AvgIpc) is 2.40. The lowest BCUT2D eigenvalue weighted by Crippen LogP contribution is -2.15. The minimum atomic E-state index is -3.70. The fourth-order valence-corrected chi connectivity index (χ4v) is 3.31. The first-order valence-electron chi connectivity index (χ1n) is 6.43. The second-order valence-corrected chi connectivity index (χ2v) is 7.67. The van der Waals surface area contributed by atoms with Gasteiger partial charge in [0.15, 0.2) is 0 Å². The number of primary sulfonamides is 1.